The summed E-state index contributed by atoms with van der Waals surface area (Å²) in [6, 6.07) is 2.92. The molecule has 33 heavy (non-hydrogen) atoms. The van der Waals surface area contributed by atoms with Gasteiger partial charge in [0.25, 0.3) is 0 Å². The second-order valence-corrected chi connectivity index (χ2v) is 9.22. The first-order valence-electron chi connectivity index (χ1n) is 9.39. The van der Waals surface area contributed by atoms with Crippen LogP contribution in [0.3, 0.4) is 0 Å². The summed E-state index contributed by atoms with van der Waals surface area (Å²) in [5.41, 5.74) is 0.718. The molecule has 4 rings (SSSR count). The number of phenolic OH excluding ortho intramolecular Hbond substituents is 2. The number of nitrogens with zero attached hydrogens (tertiary/aromatic N) is 4. The van der Waals surface area contributed by atoms with Crippen LogP contribution >= 0.6 is 23.8 Å². The van der Waals surface area contributed by atoms with Crippen LogP contribution in [0.25, 0.3) is 11.2 Å². The summed E-state index contributed by atoms with van der Waals surface area (Å²) in [5.74, 6) is -0.00985. The van der Waals surface area contributed by atoms with E-state index in [0.717, 1.165) is 0 Å². The molecule has 3 aromatic rings. The van der Waals surface area contributed by atoms with Crippen molar-refractivity contribution in [2.75, 3.05) is 11.9 Å². The fourth-order valence-corrected chi connectivity index (χ4v) is 4.09. The number of phenols is 2. The number of hydrogen-bond acceptors (Lipinski definition) is 11. The minimum Gasteiger partial charge on any atom is -0.507 e. The lowest BCUT2D eigenvalue weighted by Crippen LogP contribution is -2.33. The lowest BCUT2D eigenvalue weighted by atomic mass is 10.1. The van der Waals surface area contributed by atoms with E-state index in [1.54, 1.807) is 0 Å². The van der Waals surface area contributed by atoms with Crippen LogP contribution in [-0.4, -0.2) is 74.7 Å². The van der Waals surface area contributed by atoms with Crippen LogP contribution in [0.5, 0.6) is 11.5 Å². The third-order valence-corrected chi connectivity index (χ3v) is 6.14. The smallest absolute Gasteiger partial charge is 0.469 e. The number of benzene rings is 1. The summed E-state index contributed by atoms with van der Waals surface area (Å²) in [7, 11) is -4.79. The van der Waals surface area contributed by atoms with E-state index < -0.39 is 39.0 Å². The average Bonchev–Trinajstić information content (AvgIpc) is 3.31. The molecular weight excluding hydrogens is 529 g/mol. The molecule has 14 nitrogen and oxygen atoms in total. The second-order valence-electron chi connectivity index (χ2n) is 7.13. The highest BCUT2D eigenvalue weighted by atomic mass is 79.9. The van der Waals surface area contributed by atoms with E-state index in [0.29, 0.717) is 4.47 Å². The minimum atomic E-state index is -4.79. The summed E-state index contributed by atoms with van der Waals surface area (Å²) in [6.45, 7) is -0.647. The molecule has 1 saturated heterocycles. The molecule has 4 atom stereocenters. The lowest BCUT2D eigenvalue weighted by molar-refractivity contribution is -0.0504. The molecular formula is C17H19BrN5O9P. The number of phosphoric acid groups is 1. The van der Waals surface area contributed by atoms with Gasteiger partial charge in [-0.1, -0.05) is 0 Å². The van der Waals surface area contributed by atoms with Crippen molar-refractivity contribution in [3.63, 3.8) is 0 Å². The maximum Gasteiger partial charge on any atom is 0.469 e. The van der Waals surface area contributed by atoms with Gasteiger partial charge in [0.15, 0.2) is 23.2 Å². The number of aromatic hydroxyl groups is 2. The molecule has 0 amide bonds. The average molecular weight is 548 g/mol. The summed E-state index contributed by atoms with van der Waals surface area (Å²) in [6.07, 6.45) is -2.81. The van der Waals surface area contributed by atoms with E-state index in [9.17, 15) is 25.0 Å². The fraction of sp³-hybridized carbons (Fsp3) is 0.353. The van der Waals surface area contributed by atoms with E-state index in [2.05, 4.69) is 40.7 Å². The van der Waals surface area contributed by atoms with Crippen molar-refractivity contribution in [3.8, 4) is 11.5 Å². The molecule has 3 heterocycles. The number of ether oxygens (including phenoxy) is 1. The Balaban J connectivity index is 1.57. The van der Waals surface area contributed by atoms with Gasteiger partial charge in [0, 0.05) is 6.54 Å². The number of halogens is 1. The molecule has 1 fully saturated rings. The fourth-order valence-electron chi connectivity index (χ4n) is 3.38. The van der Waals surface area contributed by atoms with Crippen LogP contribution in [0, 0.1) is 0 Å². The van der Waals surface area contributed by atoms with Crippen LogP contribution in [0.15, 0.2) is 29.3 Å². The molecule has 16 heteroatoms. The van der Waals surface area contributed by atoms with Gasteiger partial charge in [-0.15, -0.1) is 0 Å². The first-order valence-corrected chi connectivity index (χ1v) is 11.7. The molecule has 0 saturated carbocycles. The summed E-state index contributed by atoms with van der Waals surface area (Å²) in [5, 5.41) is 43.7. The third-order valence-electron chi connectivity index (χ3n) is 5.02. The summed E-state index contributed by atoms with van der Waals surface area (Å²) < 4.78 is 22.6. The highest BCUT2D eigenvalue weighted by Crippen LogP contribution is 2.39. The molecule has 0 radical (unpaired) electrons. The standard InChI is InChI=1S/C17H19BrN5O9P/c18-8-1-2-9(24)7(12(8)25)3-19-15-11-16(21-5-20-15)23(6-22-11)17-14(27)13(26)10(32-17)4-31-33(28,29)30/h1-2,5-6,10,13-14,17,24-27H,3-4H2,(H,19,20,21)(H2,28,29,30)/t10-,13-,14-,17-/m1/s1. The first kappa shape index (κ1) is 23.8. The highest BCUT2D eigenvalue weighted by molar-refractivity contribution is 9.10. The zero-order valence-corrected chi connectivity index (χ0v) is 19.0. The van der Waals surface area contributed by atoms with Crippen molar-refractivity contribution in [2.45, 2.75) is 31.1 Å². The van der Waals surface area contributed by atoms with Gasteiger partial charge in [-0.2, -0.15) is 0 Å². The molecule has 0 spiro atoms. The number of imidazole rings is 1. The Morgan fingerprint density at radius 3 is 2.67 bits per heavy atom. The van der Waals surface area contributed by atoms with Crippen LogP contribution in [0.2, 0.25) is 0 Å². The van der Waals surface area contributed by atoms with Crippen LogP contribution in [0.4, 0.5) is 5.82 Å². The Bertz CT molecular complexity index is 1220. The Labute approximate surface area is 193 Å². The van der Waals surface area contributed by atoms with Gasteiger partial charge in [-0.25, -0.2) is 19.5 Å². The molecule has 1 aromatic carbocycles. The number of fused-ring (bicyclic) bond motifs is 1. The molecule has 7 N–H and O–H groups in total. The maximum atomic E-state index is 10.9. The predicted molar refractivity (Wildman–Crippen MR) is 114 cm³/mol. The quantitative estimate of drug-likeness (QED) is 0.199. The molecule has 0 aliphatic carbocycles. The number of aromatic nitrogens is 4. The second kappa shape index (κ2) is 9.12. The number of aliphatic hydroxyl groups is 2. The molecule has 2 aromatic heterocycles. The van der Waals surface area contributed by atoms with Gasteiger partial charge in [0.1, 0.15) is 36.1 Å². The Hall–Kier alpha value is -2.36. The zero-order valence-electron chi connectivity index (χ0n) is 16.6. The molecule has 178 valence electrons. The van der Waals surface area contributed by atoms with Crippen LogP contribution < -0.4 is 5.32 Å². The van der Waals surface area contributed by atoms with Crippen molar-refractivity contribution in [3.05, 3.63) is 34.8 Å². The van der Waals surface area contributed by atoms with E-state index in [1.165, 1.54) is 29.4 Å². The van der Waals surface area contributed by atoms with Gasteiger partial charge >= 0.3 is 7.82 Å². The van der Waals surface area contributed by atoms with Crippen molar-refractivity contribution >= 4 is 40.7 Å². The molecule has 0 unspecified atom stereocenters. The van der Waals surface area contributed by atoms with E-state index in [-0.39, 0.29) is 40.6 Å². The van der Waals surface area contributed by atoms with Gasteiger partial charge in [-0.05, 0) is 28.1 Å². The highest BCUT2D eigenvalue weighted by Gasteiger charge is 2.45. The third kappa shape index (κ3) is 4.81. The zero-order chi connectivity index (χ0) is 23.9. The normalized spacial score (nSPS) is 23.3. The number of phosphoric ester groups is 1. The topological polar surface area (TPSA) is 213 Å². The summed E-state index contributed by atoms with van der Waals surface area (Å²) >= 11 is 3.18. The monoisotopic (exact) mass is 547 g/mol. The van der Waals surface area contributed by atoms with Gasteiger partial charge in [-0.3, -0.25) is 9.09 Å². The predicted octanol–water partition coefficient (Wildman–Crippen LogP) is 0.341. The molecule has 1 aliphatic heterocycles. The van der Waals surface area contributed by atoms with Crippen LogP contribution in [0.1, 0.15) is 11.8 Å². The van der Waals surface area contributed by atoms with Crippen molar-refractivity contribution in [1.82, 2.24) is 19.5 Å². The van der Waals surface area contributed by atoms with Gasteiger partial charge in [0.05, 0.1) is 23.0 Å². The van der Waals surface area contributed by atoms with E-state index >= 15 is 0 Å². The van der Waals surface area contributed by atoms with Crippen LogP contribution in [-0.2, 0) is 20.4 Å². The molecule has 1 aliphatic rings. The van der Waals surface area contributed by atoms with Crippen molar-refractivity contribution in [1.29, 1.82) is 0 Å². The van der Waals surface area contributed by atoms with Gasteiger partial charge < -0.3 is 40.3 Å². The van der Waals surface area contributed by atoms with E-state index in [4.69, 9.17) is 14.5 Å². The Morgan fingerprint density at radius 2 is 1.94 bits per heavy atom. The van der Waals surface area contributed by atoms with Gasteiger partial charge in [0.2, 0.25) is 0 Å². The number of aliphatic hydroxyl groups excluding tert-OH is 2. The number of nitrogens with one attached hydrogen (secondary N) is 1. The van der Waals surface area contributed by atoms with Crippen molar-refractivity contribution in [2.24, 2.45) is 0 Å². The number of hydrogen-bond donors (Lipinski definition) is 7. The maximum absolute atomic E-state index is 10.9. The largest absolute Gasteiger partial charge is 0.507 e. The number of anilines is 1. The molecule has 0 bridgehead atoms. The lowest BCUT2D eigenvalue weighted by Gasteiger charge is -2.16. The SMILES string of the molecule is O=P(O)(O)OC[C@H]1O[C@@H](n2cnc3c(NCc4c(O)ccc(Br)c4O)ncnc32)[C@H](O)[C@@H]1O. The summed E-state index contributed by atoms with van der Waals surface area (Å²) in [4.78, 5) is 30.2. The Kier molecular flexibility index (Phi) is 6.57. The van der Waals surface area contributed by atoms with Crippen molar-refractivity contribution < 1.29 is 44.0 Å². The Morgan fingerprint density at radius 1 is 1.18 bits per heavy atom. The number of rotatable bonds is 7. The first-order chi connectivity index (χ1) is 15.6. The minimum absolute atomic E-state index is 0.000857. The van der Waals surface area contributed by atoms with E-state index in [1.807, 2.05) is 0 Å².